The Morgan fingerprint density at radius 1 is 0.800 bits per heavy atom. The first-order valence-corrected chi connectivity index (χ1v) is 18.9. The largest absolute Gasteiger partial charge is 0.469 e. The van der Waals surface area contributed by atoms with Crippen LogP contribution in [-0.2, 0) is 23.9 Å². The van der Waals surface area contributed by atoms with Crippen LogP contribution in [0.25, 0.3) is 5.57 Å². The first kappa shape index (κ1) is 38.8. The summed E-state index contributed by atoms with van der Waals surface area (Å²) in [5.74, 6) is 10.9. The van der Waals surface area contributed by atoms with Crippen LogP contribution in [0, 0.1) is 29.6 Å². The van der Waals surface area contributed by atoms with Crippen molar-refractivity contribution in [3.05, 3.63) is 89.3 Å². The fraction of sp³-hybridized carbons (Fsp3) is 0.409. The first-order valence-electron chi connectivity index (χ1n) is 18.9. The van der Waals surface area contributed by atoms with Crippen LogP contribution in [-0.4, -0.2) is 90.5 Å². The standard InChI is InChI=1S/C44H47N5O6/c1-29(2)41(47-44(53)55-4)43(52)49-23-11-17-39(49)37-25-34(28-46-37)32-20-18-30(19-21-32)12-8-9-13-31-24-36(45-27-31)38-16-10-22-48(38)42(51)35(26-40(50)54-3)33-14-6-5-7-15-33/h5-7,14-15,18-21,27-29,35,38-39,41H,10-11,16-17,22-26H2,1-4H3,(H,47,53)/t35-,38-,39-,41-/m0/s1. The highest BCUT2D eigenvalue weighted by Crippen LogP contribution is 2.32. The molecule has 0 aromatic heterocycles. The maximum atomic E-state index is 13.8. The zero-order valence-corrected chi connectivity index (χ0v) is 31.8. The Hall–Kier alpha value is -5.94. The van der Waals surface area contributed by atoms with Crippen molar-refractivity contribution in [3.8, 4) is 23.7 Å². The highest BCUT2D eigenvalue weighted by molar-refractivity contribution is 6.04. The van der Waals surface area contributed by atoms with Crippen LogP contribution >= 0.6 is 0 Å². The van der Waals surface area contributed by atoms with Gasteiger partial charge in [0.1, 0.15) is 6.04 Å². The van der Waals surface area contributed by atoms with Crippen LogP contribution in [0.2, 0.25) is 0 Å². The predicted molar refractivity (Wildman–Crippen MR) is 211 cm³/mol. The molecule has 11 nitrogen and oxygen atoms in total. The maximum Gasteiger partial charge on any atom is 0.407 e. The zero-order chi connectivity index (χ0) is 38.9. The lowest BCUT2D eigenvalue weighted by atomic mass is 9.93. The molecule has 2 saturated heterocycles. The van der Waals surface area contributed by atoms with Gasteiger partial charge in [0.05, 0.1) is 38.6 Å². The number of ether oxygens (including phenoxy) is 2. The summed E-state index contributed by atoms with van der Waals surface area (Å²) in [6.45, 7) is 5.05. The number of methoxy groups -OCH3 is 2. The molecule has 0 radical (unpaired) electrons. The Bertz CT molecular complexity index is 2040. The second kappa shape index (κ2) is 17.9. The molecule has 4 heterocycles. The Morgan fingerprint density at radius 3 is 2.09 bits per heavy atom. The number of allylic oxidation sites excluding steroid dienone is 2. The number of nitrogens with one attached hydrogen (secondary N) is 1. The van der Waals surface area contributed by atoms with E-state index in [1.165, 1.54) is 14.2 Å². The Labute approximate surface area is 322 Å². The third kappa shape index (κ3) is 9.24. The van der Waals surface area contributed by atoms with Crippen molar-refractivity contribution in [2.24, 2.45) is 15.9 Å². The van der Waals surface area contributed by atoms with Crippen LogP contribution < -0.4 is 5.32 Å². The van der Waals surface area contributed by atoms with Crippen LogP contribution in [0.5, 0.6) is 0 Å². The number of rotatable bonds is 10. The zero-order valence-electron chi connectivity index (χ0n) is 31.8. The van der Waals surface area contributed by atoms with Gasteiger partial charge in [0, 0.05) is 60.9 Å². The molecule has 284 valence electrons. The second-order valence-electron chi connectivity index (χ2n) is 14.5. The minimum atomic E-state index is -0.665. The molecular weight excluding hydrogens is 695 g/mol. The average Bonchev–Trinajstić information content (AvgIpc) is 4.04. The third-order valence-corrected chi connectivity index (χ3v) is 10.6. The van der Waals surface area contributed by atoms with Gasteiger partial charge in [-0.1, -0.05) is 68.2 Å². The van der Waals surface area contributed by atoms with E-state index in [1.807, 2.05) is 84.4 Å². The highest BCUT2D eigenvalue weighted by Gasteiger charge is 2.39. The lowest BCUT2D eigenvalue weighted by molar-refractivity contribution is -0.144. The molecule has 3 amide bonds. The van der Waals surface area contributed by atoms with E-state index in [2.05, 4.69) is 34.0 Å². The van der Waals surface area contributed by atoms with E-state index in [-0.39, 0.29) is 36.2 Å². The van der Waals surface area contributed by atoms with Gasteiger partial charge in [0.15, 0.2) is 0 Å². The SMILES string of the molecule is COC(=O)C[C@H](C(=O)N1CCC[C@H]1C1=NC=C(C#CC#Cc2ccc(C3=CN=C([C@@H]4CCCN4C(=O)[C@@H](NC(=O)OC)C(C)C)C3)cc2)C1)c1ccccc1. The monoisotopic (exact) mass is 741 g/mol. The van der Waals surface area contributed by atoms with E-state index in [0.29, 0.717) is 25.9 Å². The molecule has 4 aliphatic rings. The number of carbonyl (C=O) groups excluding carboxylic acids is 4. The fourth-order valence-electron chi connectivity index (χ4n) is 7.65. The molecule has 1 N–H and O–H groups in total. The minimum Gasteiger partial charge on any atom is -0.469 e. The summed E-state index contributed by atoms with van der Waals surface area (Å²) >= 11 is 0. The number of nitrogens with zero attached hydrogens (tertiary/aromatic N) is 4. The lowest BCUT2D eigenvalue weighted by Crippen LogP contribution is -2.53. The molecule has 2 aromatic rings. The number of hydrogen-bond acceptors (Lipinski definition) is 8. The van der Waals surface area contributed by atoms with E-state index >= 15 is 0 Å². The highest BCUT2D eigenvalue weighted by atomic mass is 16.5. The summed E-state index contributed by atoms with van der Waals surface area (Å²) in [7, 11) is 2.63. The van der Waals surface area contributed by atoms with Crippen molar-refractivity contribution in [2.45, 2.75) is 82.8 Å². The van der Waals surface area contributed by atoms with E-state index < -0.39 is 24.0 Å². The molecule has 0 spiro atoms. The van der Waals surface area contributed by atoms with Crippen molar-refractivity contribution in [1.29, 1.82) is 0 Å². The Balaban J connectivity index is 1.01. The van der Waals surface area contributed by atoms with Gasteiger partial charge in [0.25, 0.3) is 0 Å². The number of hydrogen-bond donors (Lipinski definition) is 1. The molecule has 0 unspecified atom stereocenters. The van der Waals surface area contributed by atoms with Gasteiger partial charge in [-0.05, 0) is 72.3 Å². The number of aliphatic imine (C=N–C) groups is 2. The normalized spacial score (nSPS) is 19.9. The van der Waals surface area contributed by atoms with Gasteiger partial charge in [-0.15, -0.1) is 0 Å². The summed E-state index contributed by atoms with van der Waals surface area (Å²) in [6, 6.07) is 16.4. The van der Waals surface area contributed by atoms with Crippen molar-refractivity contribution in [3.63, 3.8) is 0 Å². The second-order valence-corrected chi connectivity index (χ2v) is 14.5. The molecular formula is C44H47N5O6. The van der Waals surface area contributed by atoms with Gasteiger partial charge < -0.3 is 24.6 Å². The first-order chi connectivity index (χ1) is 26.7. The fourth-order valence-corrected chi connectivity index (χ4v) is 7.65. The molecule has 0 bridgehead atoms. The van der Waals surface area contributed by atoms with Crippen molar-refractivity contribution < 1.29 is 28.7 Å². The number of benzene rings is 2. The van der Waals surface area contributed by atoms with Crippen LogP contribution in [0.15, 0.2) is 82.6 Å². The number of likely N-dealkylation sites (tertiary alicyclic amines) is 2. The van der Waals surface area contributed by atoms with Crippen LogP contribution in [0.3, 0.4) is 0 Å². The molecule has 4 atom stereocenters. The smallest absolute Gasteiger partial charge is 0.407 e. The molecule has 0 saturated carbocycles. The van der Waals surface area contributed by atoms with Crippen molar-refractivity contribution in [2.75, 3.05) is 27.3 Å². The van der Waals surface area contributed by atoms with Gasteiger partial charge in [-0.2, -0.15) is 0 Å². The van der Waals surface area contributed by atoms with Gasteiger partial charge >= 0.3 is 12.1 Å². The minimum absolute atomic E-state index is 0.0137. The average molecular weight is 742 g/mol. The molecule has 6 rings (SSSR count). The predicted octanol–water partition coefficient (Wildman–Crippen LogP) is 5.67. The molecule has 55 heavy (non-hydrogen) atoms. The number of alkyl carbamates (subject to hydrolysis) is 1. The summed E-state index contributed by atoms with van der Waals surface area (Å²) in [6.07, 6.45) is 7.60. The van der Waals surface area contributed by atoms with Crippen molar-refractivity contribution in [1.82, 2.24) is 15.1 Å². The molecule has 2 fully saturated rings. The Morgan fingerprint density at radius 2 is 1.44 bits per heavy atom. The Kier molecular flexibility index (Phi) is 12.6. The van der Waals surface area contributed by atoms with Crippen LogP contribution in [0.4, 0.5) is 4.79 Å². The van der Waals surface area contributed by atoms with Gasteiger partial charge in [0.2, 0.25) is 11.8 Å². The summed E-state index contributed by atoms with van der Waals surface area (Å²) in [4.78, 5) is 64.6. The van der Waals surface area contributed by atoms with E-state index in [0.717, 1.165) is 64.9 Å². The van der Waals surface area contributed by atoms with E-state index in [4.69, 9.17) is 14.5 Å². The summed E-state index contributed by atoms with van der Waals surface area (Å²) in [5.41, 5.74) is 6.45. The van der Waals surface area contributed by atoms with Gasteiger partial charge in [-0.25, -0.2) is 4.79 Å². The topological polar surface area (TPSA) is 130 Å². The number of amides is 3. The van der Waals surface area contributed by atoms with Crippen molar-refractivity contribution >= 4 is 40.9 Å². The molecule has 2 aromatic carbocycles. The number of esters is 1. The van der Waals surface area contributed by atoms with Gasteiger partial charge in [-0.3, -0.25) is 24.4 Å². The quantitative estimate of drug-likeness (QED) is 0.247. The number of carbonyl (C=O) groups is 4. The molecule has 4 aliphatic heterocycles. The summed E-state index contributed by atoms with van der Waals surface area (Å²) < 4.78 is 9.66. The van der Waals surface area contributed by atoms with Crippen LogP contribution in [0.1, 0.15) is 81.4 Å². The molecule has 11 heteroatoms. The summed E-state index contributed by atoms with van der Waals surface area (Å²) in [5, 5.41) is 2.70. The van der Waals surface area contributed by atoms with E-state index in [1.54, 1.807) is 6.20 Å². The lowest BCUT2D eigenvalue weighted by Gasteiger charge is -2.31. The maximum absolute atomic E-state index is 13.8. The van der Waals surface area contributed by atoms with E-state index in [9.17, 15) is 19.2 Å². The molecule has 0 aliphatic carbocycles. The third-order valence-electron chi connectivity index (χ3n) is 10.6.